The first-order valence-corrected chi connectivity index (χ1v) is 8.58. The van der Waals surface area contributed by atoms with Crippen LogP contribution in [0.25, 0.3) is 0 Å². The van der Waals surface area contributed by atoms with E-state index >= 15 is 0 Å². The molecule has 2 aliphatic rings. The number of nitrogens with one attached hydrogen (secondary N) is 1. The number of H-pyrrole nitrogens is 1. The normalized spacial score (nSPS) is 22.5. The summed E-state index contributed by atoms with van der Waals surface area (Å²) >= 11 is 0. The fraction of sp³-hybridized carbons (Fsp3) is 0.706. The van der Waals surface area contributed by atoms with Crippen molar-refractivity contribution in [2.75, 3.05) is 19.8 Å². The molecule has 1 saturated heterocycles. The van der Waals surface area contributed by atoms with Crippen LogP contribution >= 0.6 is 0 Å². The predicted molar refractivity (Wildman–Crippen MR) is 86.1 cm³/mol. The molecule has 1 aliphatic carbocycles. The SMILES string of the molecule is Cc1nc([C@@H]2COCCN2C(=O)CCC2CCCC2)cc(=O)[nH]1. The van der Waals surface area contributed by atoms with Gasteiger partial charge < -0.3 is 14.6 Å². The van der Waals surface area contributed by atoms with Crippen LogP contribution in [-0.4, -0.2) is 40.5 Å². The number of carbonyl (C=O) groups is 1. The van der Waals surface area contributed by atoms with Gasteiger partial charge in [-0.3, -0.25) is 9.59 Å². The van der Waals surface area contributed by atoms with Gasteiger partial charge in [0.25, 0.3) is 5.56 Å². The Bertz CT molecular complexity index is 607. The maximum atomic E-state index is 12.7. The maximum absolute atomic E-state index is 12.7. The van der Waals surface area contributed by atoms with Gasteiger partial charge in [-0.15, -0.1) is 0 Å². The number of amides is 1. The van der Waals surface area contributed by atoms with Gasteiger partial charge in [-0.2, -0.15) is 0 Å². The number of aromatic amines is 1. The highest BCUT2D eigenvalue weighted by Gasteiger charge is 2.30. The van der Waals surface area contributed by atoms with Crippen molar-refractivity contribution < 1.29 is 9.53 Å². The second kappa shape index (κ2) is 7.25. The van der Waals surface area contributed by atoms with Gasteiger partial charge in [0.15, 0.2) is 0 Å². The van der Waals surface area contributed by atoms with Gasteiger partial charge in [0, 0.05) is 19.0 Å². The fourth-order valence-corrected chi connectivity index (χ4v) is 3.69. The largest absolute Gasteiger partial charge is 0.377 e. The second-order valence-corrected chi connectivity index (χ2v) is 6.62. The van der Waals surface area contributed by atoms with Crippen molar-refractivity contribution in [3.63, 3.8) is 0 Å². The van der Waals surface area contributed by atoms with Crippen LogP contribution in [0.5, 0.6) is 0 Å². The molecule has 126 valence electrons. The molecule has 0 spiro atoms. The molecule has 2 fully saturated rings. The van der Waals surface area contributed by atoms with E-state index < -0.39 is 0 Å². The van der Waals surface area contributed by atoms with Crippen molar-refractivity contribution in [1.82, 2.24) is 14.9 Å². The molecule has 0 bridgehead atoms. The average molecular weight is 319 g/mol. The summed E-state index contributed by atoms with van der Waals surface area (Å²) in [7, 11) is 0. The number of ether oxygens (including phenoxy) is 1. The minimum absolute atomic E-state index is 0.157. The lowest BCUT2D eigenvalue weighted by Crippen LogP contribution is -2.44. The summed E-state index contributed by atoms with van der Waals surface area (Å²) < 4.78 is 5.53. The molecule has 0 aromatic carbocycles. The second-order valence-electron chi connectivity index (χ2n) is 6.62. The summed E-state index contributed by atoms with van der Waals surface area (Å²) in [6, 6.07) is 1.23. The highest BCUT2D eigenvalue weighted by Crippen LogP contribution is 2.30. The molecule has 1 amide bonds. The lowest BCUT2D eigenvalue weighted by molar-refractivity contribution is -0.140. The highest BCUT2D eigenvalue weighted by molar-refractivity contribution is 5.76. The summed E-state index contributed by atoms with van der Waals surface area (Å²) in [5.41, 5.74) is 0.441. The van der Waals surface area contributed by atoms with Crippen LogP contribution in [0.4, 0.5) is 0 Å². The van der Waals surface area contributed by atoms with E-state index in [1.165, 1.54) is 31.7 Å². The van der Waals surface area contributed by atoms with Crippen molar-refractivity contribution >= 4 is 5.91 Å². The smallest absolute Gasteiger partial charge is 0.251 e. The van der Waals surface area contributed by atoms with E-state index in [2.05, 4.69) is 9.97 Å². The molecular formula is C17H25N3O3. The molecule has 3 rings (SSSR count). The molecule has 1 aromatic heterocycles. The van der Waals surface area contributed by atoms with E-state index in [9.17, 15) is 9.59 Å². The number of hydrogen-bond acceptors (Lipinski definition) is 4. The Morgan fingerprint density at radius 1 is 1.43 bits per heavy atom. The van der Waals surface area contributed by atoms with E-state index in [4.69, 9.17) is 4.74 Å². The molecule has 2 heterocycles. The number of morpholine rings is 1. The third-order valence-electron chi connectivity index (χ3n) is 4.91. The third kappa shape index (κ3) is 3.99. The number of carbonyl (C=O) groups excluding carboxylic acids is 1. The van der Waals surface area contributed by atoms with Crippen LogP contribution in [0, 0.1) is 12.8 Å². The van der Waals surface area contributed by atoms with Gasteiger partial charge in [0.2, 0.25) is 5.91 Å². The van der Waals surface area contributed by atoms with Crippen molar-refractivity contribution in [2.45, 2.75) is 51.5 Å². The lowest BCUT2D eigenvalue weighted by Gasteiger charge is -2.35. The summed E-state index contributed by atoms with van der Waals surface area (Å²) in [4.78, 5) is 33.2. The zero-order valence-electron chi connectivity index (χ0n) is 13.7. The van der Waals surface area contributed by atoms with Gasteiger partial charge >= 0.3 is 0 Å². The predicted octanol–water partition coefficient (Wildman–Crippen LogP) is 1.95. The van der Waals surface area contributed by atoms with E-state index in [0.29, 0.717) is 43.6 Å². The van der Waals surface area contributed by atoms with E-state index in [-0.39, 0.29) is 17.5 Å². The molecule has 0 radical (unpaired) electrons. The van der Waals surface area contributed by atoms with Crippen LogP contribution in [0.1, 0.15) is 56.1 Å². The molecule has 23 heavy (non-hydrogen) atoms. The average Bonchev–Trinajstić information content (AvgIpc) is 3.05. The standard InChI is InChI=1S/C17H25N3O3/c1-12-18-14(10-16(21)19-12)15-11-23-9-8-20(15)17(22)7-6-13-4-2-3-5-13/h10,13,15H,2-9,11H2,1H3,(H,18,19,21)/t15-/m0/s1. The first kappa shape index (κ1) is 16.2. The van der Waals surface area contributed by atoms with E-state index in [0.717, 1.165) is 6.42 Å². The zero-order chi connectivity index (χ0) is 16.2. The first-order chi connectivity index (χ1) is 11.1. The fourth-order valence-electron chi connectivity index (χ4n) is 3.69. The maximum Gasteiger partial charge on any atom is 0.251 e. The molecule has 1 N–H and O–H groups in total. The minimum atomic E-state index is -0.249. The number of aromatic nitrogens is 2. The van der Waals surface area contributed by atoms with Gasteiger partial charge in [-0.1, -0.05) is 25.7 Å². The Hall–Kier alpha value is -1.69. The Labute approximate surface area is 136 Å². The van der Waals surface area contributed by atoms with E-state index in [1.54, 1.807) is 6.92 Å². The van der Waals surface area contributed by atoms with Crippen molar-refractivity contribution in [2.24, 2.45) is 5.92 Å². The van der Waals surface area contributed by atoms with Crippen LogP contribution < -0.4 is 5.56 Å². The molecule has 6 heteroatoms. The lowest BCUT2D eigenvalue weighted by atomic mass is 10.0. The molecule has 1 aromatic rings. The van der Waals surface area contributed by atoms with Crippen LogP contribution in [0.3, 0.4) is 0 Å². The Balaban J connectivity index is 1.69. The van der Waals surface area contributed by atoms with Gasteiger partial charge in [-0.05, 0) is 19.3 Å². The van der Waals surface area contributed by atoms with Gasteiger partial charge in [0.1, 0.15) is 5.82 Å². The van der Waals surface area contributed by atoms with E-state index in [1.807, 2.05) is 4.90 Å². The summed E-state index contributed by atoms with van der Waals surface area (Å²) in [5.74, 6) is 1.43. The molecule has 1 atom stereocenters. The number of rotatable bonds is 4. The Morgan fingerprint density at radius 2 is 2.22 bits per heavy atom. The van der Waals surface area contributed by atoms with Crippen molar-refractivity contribution in [1.29, 1.82) is 0 Å². The quantitative estimate of drug-likeness (QED) is 0.920. The third-order valence-corrected chi connectivity index (χ3v) is 4.91. The van der Waals surface area contributed by atoms with Crippen LogP contribution in [0.2, 0.25) is 0 Å². The van der Waals surface area contributed by atoms with Crippen molar-refractivity contribution in [3.05, 3.63) is 27.9 Å². The van der Waals surface area contributed by atoms with Crippen molar-refractivity contribution in [3.8, 4) is 0 Å². The topological polar surface area (TPSA) is 75.3 Å². The number of hydrogen-bond donors (Lipinski definition) is 1. The minimum Gasteiger partial charge on any atom is -0.377 e. The summed E-state index contributed by atoms with van der Waals surface area (Å²) in [6.07, 6.45) is 6.68. The van der Waals surface area contributed by atoms with Gasteiger partial charge in [-0.25, -0.2) is 4.98 Å². The monoisotopic (exact) mass is 319 g/mol. The highest BCUT2D eigenvalue weighted by atomic mass is 16.5. The number of aryl methyl sites for hydroxylation is 1. The summed E-state index contributed by atoms with van der Waals surface area (Å²) in [5, 5.41) is 0. The molecule has 6 nitrogen and oxygen atoms in total. The summed E-state index contributed by atoms with van der Waals surface area (Å²) in [6.45, 7) is 3.28. The number of nitrogens with zero attached hydrogens (tertiary/aromatic N) is 2. The van der Waals surface area contributed by atoms with Crippen LogP contribution in [-0.2, 0) is 9.53 Å². The molecule has 1 saturated carbocycles. The van der Waals surface area contributed by atoms with Gasteiger partial charge in [0.05, 0.1) is 24.9 Å². The molecular weight excluding hydrogens is 294 g/mol. The zero-order valence-corrected chi connectivity index (χ0v) is 13.7. The first-order valence-electron chi connectivity index (χ1n) is 8.58. The van der Waals surface area contributed by atoms with Crippen LogP contribution in [0.15, 0.2) is 10.9 Å². The molecule has 1 aliphatic heterocycles. The molecule has 0 unspecified atom stereocenters. The Morgan fingerprint density at radius 3 is 2.96 bits per heavy atom. The Kier molecular flexibility index (Phi) is 5.10.